The summed E-state index contributed by atoms with van der Waals surface area (Å²) in [6.45, 7) is 2.12. The molecule has 1 aliphatic carbocycles. The van der Waals surface area contributed by atoms with Crippen molar-refractivity contribution in [2.45, 2.75) is 45.1 Å². The van der Waals surface area contributed by atoms with Gasteiger partial charge in [-0.15, -0.1) is 0 Å². The molecule has 0 radical (unpaired) electrons. The number of carbonyl (C=O) groups is 1. The second-order valence-corrected chi connectivity index (χ2v) is 4.21. The number of rotatable bonds is 3. The molecule has 3 heteroatoms. The lowest BCUT2D eigenvalue weighted by Crippen LogP contribution is -2.34. The Labute approximate surface area is 86.0 Å². The summed E-state index contributed by atoms with van der Waals surface area (Å²) < 4.78 is 4.74. The lowest BCUT2D eigenvalue weighted by molar-refractivity contribution is -0.146. The smallest absolute Gasteiger partial charge is 0.308 e. The third kappa shape index (κ3) is 2.71. The molecule has 0 saturated heterocycles. The number of methoxy groups -OCH3 is 1. The van der Waals surface area contributed by atoms with Gasteiger partial charge < -0.3 is 10.5 Å². The van der Waals surface area contributed by atoms with Crippen LogP contribution in [-0.2, 0) is 9.53 Å². The Hall–Kier alpha value is -0.570. The van der Waals surface area contributed by atoms with E-state index in [1.165, 1.54) is 7.11 Å². The summed E-state index contributed by atoms with van der Waals surface area (Å²) in [7, 11) is 1.46. The Bertz CT molecular complexity index is 186. The van der Waals surface area contributed by atoms with Crippen molar-refractivity contribution in [2.75, 3.05) is 7.11 Å². The van der Waals surface area contributed by atoms with Crippen LogP contribution in [0.4, 0.5) is 0 Å². The molecule has 0 bridgehead atoms. The van der Waals surface area contributed by atoms with Crippen molar-refractivity contribution in [3.63, 3.8) is 0 Å². The van der Waals surface area contributed by atoms with Gasteiger partial charge in [0.2, 0.25) is 0 Å². The van der Waals surface area contributed by atoms with Gasteiger partial charge in [-0.2, -0.15) is 0 Å². The highest BCUT2D eigenvalue weighted by molar-refractivity contribution is 5.72. The van der Waals surface area contributed by atoms with Crippen LogP contribution in [0.1, 0.15) is 39.0 Å². The maximum Gasteiger partial charge on any atom is 0.308 e. The predicted molar refractivity (Wildman–Crippen MR) is 55.7 cm³/mol. The molecule has 1 rings (SSSR count). The molecule has 1 saturated carbocycles. The number of hydrogen-bond acceptors (Lipinski definition) is 3. The molecule has 3 nitrogen and oxygen atoms in total. The molecule has 0 aromatic carbocycles. The van der Waals surface area contributed by atoms with Gasteiger partial charge in [-0.05, 0) is 38.0 Å². The zero-order valence-electron chi connectivity index (χ0n) is 9.16. The summed E-state index contributed by atoms with van der Waals surface area (Å²) in [4.78, 5) is 11.3. The third-order valence-corrected chi connectivity index (χ3v) is 3.38. The van der Waals surface area contributed by atoms with Crippen LogP contribution in [-0.4, -0.2) is 19.1 Å². The molecule has 0 amide bonds. The summed E-state index contributed by atoms with van der Waals surface area (Å²) in [5.41, 5.74) is 5.99. The Morgan fingerprint density at radius 1 is 1.43 bits per heavy atom. The summed E-state index contributed by atoms with van der Waals surface area (Å²) in [5, 5.41) is 0. The van der Waals surface area contributed by atoms with Crippen LogP contribution in [0.25, 0.3) is 0 Å². The van der Waals surface area contributed by atoms with Crippen molar-refractivity contribution in [1.29, 1.82) is 0 Å². The SMILES string of the molecule is CC[C@@H](N)C1CCC(C(=O)OC)CC1. The first-order chi connectivity index (χ1) is 6.69. The van der Waals surface area contributed by atoms with Crippen LogP contribution >= 0.6 is 0 Å². The van der Waals surface area contributed by atoms with Crippen LogP contribution in [0.2, 0.25) is 0 Å². The van der Waals surface area contributed by atoms with E-state index in [2.05, 4.69) is 6.92 Å². The van der Waals surface area contributed by atoms with Gasteiger partial charge in [-0.1, -0.05) is 6.92 Å². The van der Waals surface area contributed by atoms with Gasteiger partial charge in [0.25, 0.3) is 0 Å². The van der Waals surface area contributed by atoms with E-state index in [1.54, 1.807) is 0 Å². The largest absolute Gasteiger partial charge is 0.469 e. The van der Waals surface area contributed by atoms with E-state index in [-0.39, 0.29) is 11.9 Å². The zero-order chi connectivity index (χ0) is 10.6. The quantitative estimate of drug-likeness (QED) is 0.704. The number of ether oxygens (including phenoxy) is 1. The summed E-state index contributed by atoms with van der Waals surface area (Å²) in [5.74, 6) is 0.690. The first-order valence-corrected chi connectivity index (χ1v) is 5.52. The molecule has 14 heavy (non-hydrogen) atoms. The van der Waals surface area contributed by atoms with Gasteiger partial charge in [0.05, 0.1) is 13.0 Å². The fraction of sp³-hybridized carbons (Fsp3) is 0.909. The van der Waals surface area contributed by atoms with Crippen molar-refractivity contribution in [3.8, 4) is 0 Å². The normalized spacial score (nSPS) is 29.6. The Kier molecular flexibility index (Phi) is 4.39. The minimum absolute atomic E-state index is 0.0477. The number of esters is 1. The fourth-order valence-electron chi connectivity index (χ4n) is 2.28. The molecule has 0 aliphatic heterocycles. The fourth-order valence-corrected chi connectivity index (χ4v) is 2.28. The average molecular weight is 199 g/mol. The molecular formula is C11H21NO2. The molecule has 0 aromatic rings. The lowest BCUT2D eigenvalue weighted by atomic mass is 9.78. The van der Waals surface area contributed by atoms with Crippen LogP contribution in [0.15, 0.2) is 0 Å². The molecule has 1 fully saturated rings. The third-order valence-electron chi connectivity index (χ3n) is 3.38. The van der Waals surface area contributed by atoms with E-state index in [0.29, 0.717) is 12.0 Å². The highest BCUT2D eigenvalue weighted by Crippen LogP contribution is 2.31. The molecule has 1 aliphatic rings. The standard InChI is InChI=1S/C11H21NO2/c1-3-10(12)8-4-6-9(7-5-8)11(13)14-2/h8-10H,3-7,12H2,1-2H3/t8?,9?,10-/m1/s1. The number of hydrogen-bond donors (Lipinski definition) is 1. The molecule has 0 heterocycles. The van der Waals surface area contributed by atoms with E-state index in [1.807, 2.05) is 0 Å². The van der Waals surface area contributed by atoms with Gasteiger partial charge in [0.15, 0.2) is 0 Å². The molecule has 0 unspecified atom stereocenters. The van der Waals surface area contributed by atoms with Crippen molar-refractivity contribution < 1.29 is 9.53 Å². The molecule has 0 aromatic heterocycles. The van der Waals surface area contributed by atoms with Gasteiger partial charge in [-0.25, -0.2) is 0 Å². The highest BCUT2D eigenvalue weighted by atomic mass is 16.5. The van der Waals surface area contributed by atoms with Crippen molar-refractivity contribution in [3.05, 3.63) is 0 Å². The average Bonchev–Trinajstić information content (AvgIpc) is 2.27. The minimum Gasteiger partial charge on any atom is -0.469 e. The number of nitrogens with two attached hydrogens (primary N) is 1. The molecular weight excluding hydrogens is 178 g/mol. The summed E-state index contributed by atoms with van der Waals surface area (Å²) >= 11 is 0. The zero-order valence-corrected chi connectivity index (χ0v) is 9.16. The Morgan fingerprint density at radius 3 is 2.43 bits per heavy atom. The van der Waals surface area contributed by atoms with Crippen LogP contribution in [0, 0.1) is 11.8 Å². The van der Waals surface area contributed by atoms with Crippen LogP contribution in [0.3, 0.4) is 0 Å². The Morgan fingerprint density at radius 2 is 2.00 bits per heavy atom. The van der Waals surface area contributed by atoms with Crippen molar-refractivity contribution in [1.82, 2.24) is 0 Å². The minimum atomic E-state index is -0.0477. The van der Waals surface area contributed by atoms with Crippen LogP contribution < -0.4 is 5.73 Å². The van der Waals surface area contributed by atoms with Gasteiger partial charge in [0.1, 0.15) is 0 Å². The van der Waals surface area contributed by atoms with E-state index in [0.717, 1.165) is 32.1 Å². The van der Waals surface area contributed by atoms with Crippen LogP contribution in [0.5, 0.6) is 0 Å². The maximum absolute atomic E-state index is 11.3. The first kappa shape index (κ1) is 11.5. The first-order valence-electron chi connectivity index (χ1n) is 5.52. The predicted octanol–water partition coefficient (Wildman–Crippen LogP) is 1.70. The highest BCUT2D eigenvalue weighted by Gasteiger charge is 2.28. The molecule has 1 atom stereocenters. The van der Waals surface area contributed by atoms with E-state index < -0.39 is 0 Å². The lowest BCUT2D eigenvalue weighted by Gasteiger charge is -2.30. The van der Waals surface area contributed by atoms with Gasteiger partial charge in [0, 0.05) is 6.04 Å². The van der Waals surface area contributed by atoms with E-state index >= 15 is 0 Å². The Balaban J connectivity index is 2.34. The van der Waals surface area contributed by atoms with Crippen molar-refractivity contribution in [2.24, 2.45) is 17.6 Å². The topological polar surface area (TPSA) is 52.3 Å². The second kappa shape index (κ2) is 5.35. The molecule has 82 valence electrons. The van der Waals surface area contributed by atoms with Crippen molar-refractivity contribution >= 4 is 5.97 Å². The summed E-state index contributed by atoms with van der Waals surface area (Å²) in [6, 6.07) is 0.314. The molecule has 0 spiro atoms. The maximum atomic E-state index is 11.3. The van der Waals surface area contributed by atoms with Gasteiger partial charge >= 0.3 is 5.97 Å². The summed E-state index contributed by atoms with van der Waals surface area (Å²) in [6.07, 6.45) is 5.09. The van der Waals surface area contributed by atoms with E-state index in [9.17, 15) is 4.79 Å². The van der Waals surface area contributed by atoms with E-state index in [4.69, 9.17) is 10.5 Å². The van der Waals surface area contributed by atoms with Gasteiger partial charge in [-0.3, -0.25) is 4.79 Å². The number of carbonyl (C=O) groups excluding carboxylic acids is 1. The monoisotopic (exact) mass is 199 g/mol. The molecule has 2 N–H and O–H groups in total. The second-order valence-electron chi connectivity index (χ2n) is 4.21.